The van der Waals surface area contributed by atoms with Crippen molar-refractivity contribution in [3.8, 4) is 17.2 Å². The molecule has 2 aromatic carbocycles. The largest absolute Gasteiger partial charge is 0.442 e. The van der Waals surface area contributed by atoms with Crippen molar-refractivity contribution < 1.29 is 13.9 Å². The molecule has 2 aliphatic heterocycles. The Kier molecular flexibility index (Phi) is 5.50. The molecule has 2 saturated heterocycles. The van der Waals surface area contributed by atoms with E-state index in [1.54, 1.807) is 29.2 Å². The average Bonchev–Trinajstić information content (AvgIpc) is 3.35. The van der Waals surface area contributed by atoms with Gasteiger partial charge in [-0.3, -0.25) is 4.90 Å². The van der Waals surface area contributed by atoms with Crippen molar-refractivity contribution >= 4 is 24.2 Å². The molecule has 34 heavy (non-hydrogen) atoms. The minimum Gasteiger partial charge on any atom is -0.442 e. The Labute approximate surface area is 201 Å². The summed E-state index contributed by atoms with van der Waals surface area (Å²) in [5, 5.41) is 20.8. The summed E-state index contributed by atoms with van der Waals surface area (Å²) in [6.07, 6.45) is 2.35. The predicted octanol–water partition coefficient (Wildman–Crippen LogP) is 3.14. The second-order valence-electron chi connectivity index (χ2n) is 8.84. The van der Waals surface area contributed by atoms with Crippen molar-refractivity contribution in [2.45, 2.75) is 18.1 Å². The van der Waals surface area contributed by atoms with Crippen molar-refractivity contribution in [3.63, 3.8) is 0 Å². The van der Waals surface area contributed by atoms with Crippen LogP contribution in [0.4, 0.5) is 14.9 Å². The van der Waals surface area contributed by atoms with Crippen LogP contribution in [0, 0.1) is 29.0 Å². The molecular formula is C24H22ClFN6O2. The van der Waals surface area contributed by atoms with Crippen LogP contribution in [-0.2, 0) is 16.7 Å². The second kappa shape index (κ2) is 8.38. The quantitative estimate of drug-likeness (QED) is 0.602. The molecule has 1 aliphatic carbocycles. The number of hydrogen-bond acceptors (Lipinski definition) is 6. The number of anilines is 1. The molecule has 8 nitrogen and oxygen atoms in total. The highest BCUT2D eigenvalue weighted by Crippen LogP contribution is 2.61. The third kappa shape index (κ3) is 3.42. The standard InChI is InChI=1S/C24H21FN6O2.ClH/c25-22-9-17(31-13-18(33-23(31)32)12-30-8-7-28-29-30)5-6-19(22)15-1-3-16(4-2-15)24(14-26)20-10-27-11-21(20)24;/h1-9,18,20-21,27H,10-13H2;1H/t18-,20?,21?,24?;/m0./s1. The molecule has 0 spiro atoms. The van der Waals surface area contributed by atoms with Crippen LogP contribution in [0.5, 0.6) is 0 Å². The smallest absolute Gasteiger partial charge is 0.414 e. The normalized spacial score (nSPS) is 27.0. The average molecular weight is 481 g/mol. The lowest BCUT2D eigenvalue weighted by molar-refractivity contribution is 0.129. The summed E-state index contributed by atoms with van der Waals surface area (Å²) in [4.78, 5) is 13.8. The molecule has 3 aliphatic rings. The molecule has 0 bridgehead atoms. The number of ether oxygens (including phenoxy) is 1. The fraction of sp³-hybridized carbons (Fsp3) is 0.333. The number of nitrogens with one attached hydrogen (secondary N) is 1. The number of nitrogens with zero attached hydrogens (tertiary/aromatic N) is 5. The van der Waals surface area contributed by atoms with E-state index in [0.29, 0.717) is 36.2 Å². The van der Waals surface area contributed by atoms with E-state index in [4.69, 9.17) is 4.74 Å². The summed E-state index contributed by atoms with van der Waals surface area (Å²) in [6, 6.07) is 14.9. The number of nitriles is 1. The molecule has 3 atom stereocenters. The van der Waals surface area contributed by atoms with Gasteiger partial charge in [0.1, 0.15) is 11.9 Å². The fourth-order valence-corrected chi connectivity index (χ4v) is 5.40. The number of amides is 1. The predicted molar refractivity (Wildman–Crippen MR) is 124 cm³/mol. The van der Waals surface area contributed by atoms with Crippen LogP contribution in [0.1, 0.15) is 5.56 Å². The Morgan fingerprint density at radius 2 is 1.97 bits per heavy atom. The van der Waals surface area contributed by atoms with Gasteiger partial charge in [-0.25, -0.2) is 13.9 Å². The number of rotatable bonds is 5. The van der Waals surface area contributed by atoms with Crippen LogP contribution in [0.3, 0.4) is 0 Å². The van der Waals surface area contributed by atoms with E-state index < -0.39 is 17.3 Å². The van der Waals surface area contributed by atoms with Crippen LogP contribution >= 0.6 is 12.4 Å². The Bertz CT molecular complexity index is 1250. The van der Waals surface area contributed by atoms with Crippen molar-refractivity contribution in [1.29, 1.82) is 5.26 Å². The molecule has 3 aromatic rings. The lowest BCUT2D eigenvalue weighted by Gasteiger charge is -2.16. The van der Waals surface area contributed by atoms with Gasteiger partial charge in [0.05, 0.1) is 36.5 Å². The van der Waals surface area contributed by atoms with E-state index in [1.165, 1.54) is 11.0 Å². The fourth-order valence-electron chi connectivity index (χ4n) is 5.40. The molecule has 2 unspecified atom stereocenters. The first-order valence-electron chi connectivity index (χ1n) is 10.9. The summed E-state index contributed by atoms with van der Waals surface area (Å²) in [5.74, 6) is 0.297. The molecule has 3 fully saturated rings. The van der Waals surface area contributed by atoms with Crippen LogP contribution in [-0.4, -0.2) is 46.8 Å². The lowest BCUT2D eigenvalue weighted by Crippen LogP contribution is -2.26. The Morgan fingerprint density at radius 3 is 2.62 bits per heavy atom. The molecule has 1 aromatic heterocycles. The highest BCUT2D eigenvalue weighted by atomic mass is 35.5. The second-order valence-corrected chi connectivity index (χ2v) is 8.84. The first-order valence-corrected chi connectivity index (χ1v) is 10.9. The van der Waals surface area contributed by atoms with Gasteiger partial charge in [0.2, 0.25) is 0 Å². The molecule has 1 saturated carbocycles. The number of aromatic nitrogens is 3. The van der Waals surface area contributed by atoms with Crippen molar-refractivity contribution in [2.75, 3.05) is 24.5 Å². The van der Waals surface area contributed by atoms with E-state index in [1.807, 2.05) is 24.3 Å². The van der Waals surface area contributed by atoms with E-state index in [2.05, 4.69) is 21.7 Å². The number of halogens is 2. The van der Waals surface area contributed by atoms with Crippen molar-refractivity contribution in [3.05, 3.63) is 66.2 Å². The monoisotopic (exact) mass is 480 g/mol. The summed E-state index contributed by atoms with van der Waals surface area (Å²) >= 11 is 0. The highest BCUT2D eigenvalue weighted by molar-refractivity contribution is 5.90. The van der Waals surface area contributed by atoms with Crippen LogP contribution in [0.25, 0.3) is 11.1 Å². The summed E-state index contributed by atoms with van der Waals surface area (Å²) in [5.41, 5.74) is 2.21. The van der Waals surface area contributed by atoms with Gasteiger partial charge >= 0.3 is 6.09 Å². The van der Waals surface area contributed by atoms with Gasteiger partial charge in [-0.2, -0.15) is 5.26 Å². The van der Waals surface area contributed by atoms with Gasteiger partial charge in [-0.05, 0) is 29.3 Å². The van der Waals surface area contributed by atoms with Crippen molar-refractivity contribution in [1.82, 2.24) is 20.3 Å². The first-order chi connectivity index (χ1) is 16.1. The molecule has 1 amide bonds. The third-order valence-electron chi connectivity index (χ3n) is 7.13. The molecule has 6 rings (SSSR count). The maximum absolute atomic E-state index is 15.1. The lowest BCUT2D eigenvalue weighted by atomic mass is 9.90. The third-order valence-corrected chi connectivity index (χ3v) is 7.13. The van der Waals surface area contributed by atoms with E-state index in [9.17, 15) is 10.1 Å². The topological polar surface area (TPSA) is 96.1 Å². The number of fused-ring (bicyclic) bond motifs is 1. The van der Waals surface area contributed by atoms with Gasteiger partial charge in [-0.1, -0.05) is 29.5 Å². The van der Waals surface area contributed by atoms with E-state index >= 15 is 4.39 Å². The Morgan fingerprint density at radius 1 is 1.21 bits per heavy atom. The summed E-state index contributed by atoms with van der Waals surface area (Å²) in [7, 11) is 0. The van der Waals surface area contributed by atoms with Crippen LogP contribution in [0.15, 0.2) is 54.9 Å². The van der Waals surface area contributed by atoms with Gasteiger partial charge in [0.15, 0.2) is 0 Å². The maximum Gasteiger partial charge on any atom is 0.414 e. The maximum atomic E-state index is 15.1. The summed E-state index contributed by atoms with van der Waals surface area (Å²) < 4.78 is 22.0. The van der Waals surface area contributed by atoms with Crippen LogP contribution in [0.2, 0.25) is 0 Å². The number of carbonyl (C=O) groups is 1. The van der Waals surface area contributed by atoms with E-state index in [0.717, 1.165) is 24.2 Å². The van der Waals surface area contributed by atoms with Gasteiger partial charge in [0, 0.05) is 36.7 Å². The number of cyclic esters (lactones) is 1. The molecule has 1 N–H and O–H groups in total. The summed E-state index contributed by atoms with van der Waals surface area (Å²) in [6.45, 7) is 2.43. The van der Waals surface area contributed by atoms with Gasteiger partial charge in [0.25, 0.3) is 0 Å². The minimum atomic E-state index is -0.511. The number of benzene rings is 2. The van der Waals surface area contributed by atoms with Crippen LogP contribution < -0.4 is 10.2 Å². The SMILES string of the molecule is Cl.N#CC1(c2ccc(-c3ccc(N4C[C@H](Cn5ccnn5)OC4=O)cc3F)cc2)C2CNCC21. The molecule has 10 heteroatoms. The molecule has 0 radical (unpaired) electrons. The van der Waals surface area contributed by atoms with Crippen molar-refractivity contribution in [2.24, 2.45) is 11.8 Å². The number of piperidine rings is 1. The highest BCUT2D eigenvalue weighted by Gasteiger charge is 2.68. The molecule has 3 heterocycles. The van der Waals surface area contributed by atoms with Gasteiger partial charge < -0.3 is 10.1 Å². The minimum absolute atomic E-state index is 0. The number of hydrogen-bond donors (Lipinski definition) is 1. The zero-order chi connectivity index (χ0) is 22.6. The Hall–Kier alpha value is -3.48. The zero-order valence-corrected chi connectivity index (χ0v) is 18.9. The molecule has 174 valence electrons. The Balaban J connectivity index is 0.00000241. The van der Waals surface area contributed by atoms with Gasteiger partial charge in [-0.15, -0.1) is 17.5 Å². The molecular weight excluding hydrogens is 459 g/mol. The number of carbonyl (C=O) groups excluding carboxylic acids is 1. The first kappa shape index (κ1) is 22.3. The zero-order valence-electron chi connectivity index (χ0n) is 18.1. The van der Waals surface area contributed by atoms with E-state index in [-0.39, 0.29) is 18.5 Å².